The molecule has 0 aromatic heterocycles. The van der Waals surface area contributed by atoms with Crippen LogP contribution in [-0.2, 0) is 9.47 Å². The Kier molecular flexibility index (Phi) is 3.08. The Morgan fingerprint density at radius 1 is 1.00 bits per heavy atom. The van der Waals surface area contributed by atoms with Crippen molar-refractivity contribution >= 4 is 11.4 Å². The normalized spacial score (nSPS) is 23.5. The van der Waals surface area contributed by atoms with Gasteiger partial charge in [0.15, 0.2) is 17.3 Å². The summed E-state index contributed by atoms with van der Waals surface area (Å²) in [4.78, 5) is 2.22. The minimum atomic E-state index is -0.460. The molecule has 2 saturated heterocycles. The molecule has 0 amide bonds. The fourth-order valence-corrected chi connectivity index (χ4v) is 3.29. The van der Waals surface area contributed by atoms with E-state index in [0.29, 0.717) is 38.7 Å². The number of rotatable bonds is 1. The molecule has 3 aliphatic rings. The number of piperidine rings is 1. The fraction of sp³-hybridized carbons (Fsp3) is 0.600. The Balaban J connectivity index is 1.63. The van der Waals surface area contributed by atoms with E-state index in [0.717, 1.165) is 36.6 Å². The second-order valence-corrected chi connectivity index (χ2v) is 5.69. The summed E-state index contributed by atoms with van der Waals surface area (Å²) in [5.41, 5.74) is 7.88. The highest BCUT2D eigenvalue weighted by atomic mass is 16.7. The lowest BCUT2D eigenvalue weighted by Gasteiger charge is -2.40. The van der Waals surface area contributed by atoms with Crippen LogP contribution in [-0.4, -0.2) is 45.3 Å². The molecule has 1 aromatic carbocycles. The highest BCUT2D eigenvalue weighted by molar-refractivity contribution is 5.73. The second kappa shape index (κ2) is 4.96. The van der Waals surface area contributed by atoms with Gasteiger partial charge in [-0.2, -0.15) is 0 Å². The van der Waals surface area contributed by atoms with Gasteiger partial charge in [-0.15, -0.1) is 0 Å². The molecule has 114 valence electrons. The zero-order chi connectivity index (χ0) is 14.3. The second-order valence-electron chi connectivity index (χ2n) is 5.69. The van der Waals surface area contributed by atoms with Crippen LogP contribution in [0.25, 0.3) is 0 Å². The van der Waals surface area contributed by atoms with Crippen LogP contribution in [0.3, 0.4) is 0 Å². The summed E-state index contributed by atoms with van der Waals surface area (Å²) in [6, 6.07) is 3.82. The maximum Gasteiger partial charge on any atom is 0.186 e. The average molecular weight is 292 g/mol. The van der Waals surface area contributed by atoms with Crippen LogP contribution in [0, 0.1) is 0 Å². The Morgan fingerprint density at radius 2 is 1.71 bits per heavy atom. The molecule has 0 radical (unpaired) electrons. The highest BCUT2D eigenvalue weighted by Crippen LogP contribution is 2.41. The molecule has 21 heavy (non-hydrogen) atoms. The molecule has 0 unspecified atom stereocenters. The summed E-state index contributed by atoms with van der Waals surface area (Å²) in [5, 5.41) is 0. The number of nitrogens with two attached hydrogens (primary N) is 1. The van der Waals surface area contributed by atoms with Gasteiger partial charge in [-0.3, -0.25) is 0 Å². The number of nitrogens with zero attached hydrogens (tertiary/aromatic N) is 1. The van der Waals surface area contributed by atoms with E-state index in [1.807, 2.05) is 12.1 Å². The van der Waals surface area contributed by atoms with Crippen molar-refractivity contribution < 1.29 is 18.9 Å². The molecular formula is C15H20N2O4. The summed E-state index contributed by atoms with van der Waals surface area (Å²) < 4.78 is 22.9. The van der Waals surface area contributed by atoms with E-state index < -0.39 is 5.79 Å². The molecule has 0 bridgehead atoms. The lowest BCUT2D eigenvalue weighted by atomic mass is 10.0. The van der Waals surface area contributed by atoms with Gasteiger partial charge in [0.1, 0.15) is 13.2 Å². The molecule has 3 aliphatic heterocycles. The third kappa shape index (κ3) is 2.28. The minimum Gasteiger partial charge on any atom is -0.486 e. The van der Waals surface area contributed by atoms with Crippen LogP contribution in [0.5, 0.6) is 11.5 Å². The summed E-state index contributed by atoms with van der Waals surface area (Å²) in [7, 11) is 0. The average Bonchev–Trinajstić information content (AvgIpc) is 2.94. The maximum absolute atomic E-state index is 6.20. The number of anilines is 2. The number of hydrogen-bond donors (Lipinski definition) is 1. The van der Waals surface area contributed by atoms with Gasteiger partial charge in [-0.1, -0.05) is 0 Å². The van der Waals surface area contributed by atoms with Crippen molar-refractivity contribution in [1.82, 2.24) is 0 Å². The van der Waals surface area contributed by atoms with E-state index in [2.05, 4.69) is 4.90 Å². The van der Waals surface area contributed by atoms with Gasteiger partial charge in [0.05, 0.1) is 31.1 Å². The maximum atomic E-state index is 6.20. The zero-order valence-corrected chi connectivity index (χ0v) is 12.0. The molecule has 2 N–H and O–H groups in total. The van der Waals surface area contributed by atoms with Crippen molar-refractivity contribution in [2.45, 2.75) is 18.6 Å². The Bertz CT molecular complexity index is 543. The third-order valence-electron chi connectivity index (χ3n) is 4.26. The molecule has 0 atom stereocenters. The standard InChI is InChI=1S/C15H20N2O4/c16-11-8-13-14(19-5-4-18-13)9-12(11)17-3-1-2-15(10-17)20-6-7-21-15/h8-9H,1-7,10,16H2. The van der Waals surface area contributed by atoms with Crippen LogP contribution < -0.4 is 20.1 Å². The van der Waals surface area contributed by atoms with Crippen LogP contribution in [0.2, 0.25) is 0 Å². The molecule has 3 heterocycles. The van der Waals surface area contributed by atoms with Crippen molar-refractivity contribution in [1.29, 1.82) is 0 Å². The number of ether oxygens (including phenoxy) is 4. The number of nitrogen functional groups attached to an aromatic ring is 1. The molecule has 4 rings (SSSR count). The molecule has 1 spiro atoms. The first-order valence-corrected chi connectivity index (χ1v) is 7.48. The summed E-state index contributed by atoms with van der Waals surface area (Å²) in [5.74, 6) is 1.03. The highest BCUT2D eigenvalue weighted by Gasteiger charge is 2.41. The van der Waals surface area contributed by atoms with Gasteiger partial charge in [0.2, 0.25) is 0 Å². The first-order valence-electron chi connectivity index (χ1n) is 7.48. The lowest BCUT2D eigenvalue weighted by Crippen LogP contribution is -2.49. The summed E-state index contributed by atoms with van der Waals surface area (Å²) >= 11 is 0. The van der Waals surface area contributed by atoms with E-state index in [4.69, 9.17) is 24.7 Å². The fourth-order valence-electron chi connectivity index (χ4n) is 3.29. The quantitative estimate of drug-likeness (QED) is 0.789. The Morgan fingerprint density at radius 3 is 2.48 bits per heavy atom. The monoisotopic (exact) mass is 292 g/mol. The molecule has 1 aromatic rings. The minimum absolute atomic E-state index is 0.460. The largest absolute Gasteiger partial charge is 0.486 e. The first kappa shape index (κ1) is 13.0. The van der Waals surface area contributed by atoms with E-state index in [1.165, 1.54) is 0 Å². The van der Waals surface area contributed by atoms with Gasteiger partial charge in [-0.05, 0) is 6.42 Å². The zero-order valence-electron chi connectivity index (χ0n) is 12.0. The molecule has 6 heteroatoms. The van der Waals surface area contributed by atoms with E-state index in [9.17, 15) is 0 Å². The van der Waals surface area contributed by atoms with Gasteiger partial charge in [0.25, 0.3) is 0 Å². The Hall–Kier alpha value is -1.66. The predicted octanol–water partition coefficient (Wildman–Crippen LogP) is 1.38. The van der Waals surface area contributed by atoms with Crippen molar-refractivity contribution in [3.8, 4) is 11.5 Å². The number of hydrogen-bond acceptors (Lipinski definition) is 6. The Labute approximate surface area is 123 Å². The van der Waals surface area contributed by atoms with Crippen molar-refractivity contribution in [3.05, 3.63) is 12.1 Å². The van der Waals surface area contributed by atoms with Gasteiger partial charge < -0.3 is 29.6 Å². The van der Waals surface area contributed by atoms with E-state index >= 15 is 0 Å². The molecule has 0 aliphatic carbocycles. The SMILES string of the molecule is Nc1cc2c(cc1N1CCCC3(C1)OCCO3)OCCO2. The van der Waals surface area contributed by atoms with Crippen LogP contribution in [0.4, 0.5) is 11.4 Å². The number of benzene rings is 1. The van der Waals surface area contributed by atoms with Crippen LogP contribution >= 0.6 is 0 Å². The van der Waals surface area contributed by atoms with E-state index in [-0.39, 0.29) is 0 Å². The topological polar surface area (TPSA) is 66.2 Å². The smallest absolute Gasteiger partial charge is 0.186 e. The van der Waals surface area contributed by atoms with Gasteiger partial charge >= 0.3 is 0 Å². The van der Waals surface area contributed by atoms with E-state index in [1.54, 1.807) is 0 Å². The summed E-state index contributed by atoms with van der Waals surface area (Å²) in [6.07, 6.45) is 1.96. The lowest BCUT2D eigenvalue weighted by molar-refractivity contribution is -0.161. The predicted molar refractivity (Wildman–Crippen MR) is 77.9 cm³/mol. The van der Waals surface area contributed by atoms with Crippen LogP contribution in [0.15, 0.2) is 12.1 Å². The summed E-state index contributed by atoms with van der Waals surface area (Å²) in [6.45, 7) is 4.14. The number of fused-ring (bicyclic) bond motifs is 1. The van der Waals surface area contributed by atoms with Crippen molar-refractivity contribution in [2.75, 3.05) is 50.2 Å². The van der Waals surface area contributed by atoms with Gasteiger partial charge in [-0.25, -0.2) is 0 Å². The van der Waals surface area contributed by atoms with Crippen LogP contribution in [0.1, 0.15) is 12.8 Å². The molecule has 6 nitrogen and oxygen atoms in total. The molecule has 2 fully saturated rings. The molecule has 0 saturated carbocycles. The molecular weight excluding hydrogens is 272 g/mol. The van der Waals surface area contributed by atoms with Gasteiger partial charge in [0, 0.05) is 25.1 Å². The van der Waals surface area contributed by atoms with Crippen molar-refractivity contribution in [3.63, 3.8) is 0 Å². The third-order valence-corrected chi connectivity index (χ3v) is 4.26. The van der Waals surface area contributed by atoms with Crippen molar-refractivity contribution in [2.24, 2.45) is 0 Å². The first-order chi connectivity index (χ1) is 10.3.